The van der Waals surface area contributed by atoms with Crippen LogP contribution in [0.2, 0.25) is 0 Å². The molecule has 0 atom stereocenters. The van der Waals surface area contributed by atoms with Gasteiger partial charge in [-0.1, -0.05) is 24.3 Å². The lowest BCUT2D eigenvalue weighted by Crippen LogP contribution is -2.35. The number of benzene rings is 2. The van der Waals surface area contributed by atoms with Crippen molar-refractivity contribution in [1.82, 2.24) is 19.7 Å². The van der Waals surface area contributed by atoms with E-state index in [2.05, 4.69) is 10.4 Å². The van der Waals surface area contributed by atoms with Crippen molar-refractivity contribution >= 4 is 37.4 Å². The predicted molar refractivity (Wildman–Crippen MR) is 149 cm³/mol. The largest absolute Gasteiger partial charge is 0.444 e. The summed E-state index contributed by atoms with van der Waals surface area (Å²) in [5.41, 5.74) is -0.0276. The van der Waals surface area contributed by atoms with Crippen molar-refractivity contribution in [3.05, 3.63) is 81.9 Å². The van der Waals surface area contributed by atoms with Crippen LogP contribution in [-0.2, 0) is 27.7 Å². The minimum atomic E-state index is -3.28. The lowest BCUT2D eigenvalue weighted by Gasteiger charge is -2.19. The fourth-order valence-electron chi connectivity index (χ4n) is 3.85. The minimum Gasteiger partial charge on any atom is -0.444 e. The maximum atomic E-state index is 13.5. The highest BCUT2D eigenvalue weighted by molar-refractivity contribution is 7.90. The normalized spacial score (nSPS) is 11.9. The van der Waals surface area contributed by atoms with Gasteiger partial charge in [0.05, 0.1) is 18.0 Å². The van der Waals surface area contributed by atoms with Crippen molar-refractivity contribution in [3.8, 4) is 11.1 Å². The van der Waals surface area contributed by atoms with E-state index in [4.69, 9.17) is 4.74 Å². The Labute approximate surface area is 233 Å². The smallest absolute Gasteiger partial charge is 0.407 e. The summed E-state index contributed by atoms with van der Waals surface area (Å²) in [4.78, 5) is 25.8. The summed E-state index contributed by atoms with van der Waals surface area (Å²) in [7, 11) is -3.28. The van der Waals surface area contributed by atoms with E-state index >= 15 is 0 Å². The molecule has 0 spiro atoms. The number of hydrogen-bond donors (Lipinski definition) is 1. The van der Waals surface area contributed by atoms with Gasteiger partial charge in [0, 0.05) is 28.0 Å². The molecule has 1 amide bonds. The Morgan fingerprint density at radius 1 is 1.07 bits per heavy atom. The molecule has 2 aromatic heterocycles. The van der Waals surface area contributed by atoms with E-state index in [0.717, 1.165) is 37.0 Å². The highest BCUT2D eigenvalue weighted by Crippen LogP contribution is 2.31. The summed E-state index contributed by atoms with van der Waals surface area (Å²) in [5.74, 6) is 0. The van der Waals surface area contributed by atoms with Crippen LogP contribution in [0.25, 0.3) is 21.2 Å². The van der Waals surface area contributed by atoms with Gasteiger partial charge in [0.25, 0.3) is 6.08 Å². The van der Waals surface area contributed by atoms with Gasteiger partial charge in [0.1, 0.15) is 11.9 Å². The van der Waals surface area contributed by atoms with Crippen molar-refractivity contribution in [1.29, 1.82) is 0 Å². The molecule has 0 bridgehead atoms. The summed E-state index contributed by atoms with van der Waals surface area (Å²) < 4.78 is 58.8. The van der Waals surface area contributed by atoms with Crippen LogP contribution >= 0.6 is 11.3 Å². The molecule has 40 heavy (non-hydrogen) atoms. The number of aromatic nitrogens is 3. The minimum absolute atomic E-state index is 0.198. The maximum absolute atomic E-state index is 13.5. The van der Waals surface area contributed by atoms with Crippen LogP contribution in [0.15, 0.2) is 76.2 Å². The van der Waals surface area contributed by atoms with Crippen LogP contribution in [0.5, 0.6) is 0 Å². The molecule has 0 saturated carbocycles. The number of thiophene rings is 1. The van der Waals surface area contributed by atoms with Gasteiger partial charge in [0.2, 0.25) is 0 Å². The summed E-state index contributed by atoms with van der Waals surface area (Å²) in [6.45, 7) is 4.18. The third-order valence-electron chi connectivity index (χ3n) is 5.76. The van der Waals surface area contributed by atoms with E-state index in [1.54, 1.807) is 45.0 Å². The fourth-order valence-corrected chi connectivity index (χ4v) is 5.58. The molecule has 0 radical (unpaired) electrons. The Morgan fingerprint density at radius 2 is 1.75 bits per heavy atom. The van der Waals surface area contributed by atoms with Crippen LogP contribution in [0.3, 0.4) is 0 Å². The van der Waals surface area contributed by atoms with E-state index in [0.29, 0.717) is 0 Å². The molecule has 2 heterocycles. The highest BCUT2D eigenvalue weighted by Gasteiger charge is 2.18. The zero-order chi connectivity index (χ0) is 29.2. The average molecular weight is 591 g/mol. The molecule has 212 valence electrons. The Morgan fingerprint density at radius 3 is 2.38 bits per heavy atom. The van der Waals surface area contributed by atoms with E-state index < -0.39 is 52.0 Å². The number of rotatable bonds is 8. The number of ether oxygens (including phenoxy) is 1. The zero-order valence-corrected chi connectivity index (χ0v) is 23.9. The molecule has 2 aromatic carbocycles. The number of amides is 1. The lowest BCUT2D eigenvalue weighted by atomic mass is 10.1. The second kappa shape index (κ2) is 11.3. The summed E-state index contributed by atoms with van der Waals surface area (Å²) in [6, 6.07) is 14.5. The maximum Gasteiger partial charge on any atom is 0.407 e. The van der Waals surface area contributed by atoms with Crippen LogP contribution < -0.4 is 11.0 Å². The number of nitrogens with zero attached hydrogens (tertiary/aromatic N) is 3. The monoisotopic (exact) mass is 590 g/mol. The predicted octanol–water partition coefficient (Wildman–Crippen LogP) is 5.05. The lowest BCUT2D eigenvalue weighted by molar-refractivity contribution is 0.0531. The number of hydrogen-bond acceptors (Lipinski definition) is 7. The number of fused-ring (bicyclic) bond motifs is 1. The molecule has 9 nitrogen and oxygen atoms in total. The van der Waals surface area contributed by atoms with Gasteiger partial charge < -0.3 is 10.1 Å². The molecular weight excluding hydrogens is 562 g/mol. The van der Waals surface area contributed by atoms with Gasteiger partial charge in [-0.05, 0) is 61.5 Å². The number of sulfone groups is 1. The van der Waals surface area contributed by atoms with Gasteiger partial charge in [-0.25, -0.2) is 22.7 Å². The van der Waals surface area contributed by atoms with Crippen LogP contribution in [-0.4, -0.2) is 47.3 Å². The number of carbonyl (C=O) groups excluding carboxylic acids is 1. The number of nitrogens with one attached hydrogen (secondary N) is 1. The zero-order valence-electron chi connectivity index (χ0n) is 22.3. The van der Waals surface area contributed by atoms with E-state index in [1.165, 1.54) is 22.2 Å². The average Bonchev–Trinajstić information content (AvgIpc) is 3.42. The van der Waals surface area contributed by atoms with Gasteiger partial charge in [0.15, 0.2) is 9.84 Å². The first-order valence-electron chi connectivity index (χ1n) is 12.1. The molecule has 0 fully saturated rings. The second-order valence-electron chi connectivity index (χ2n) is 10.2. The highest BCUT2D eigenvalue weighted by atomic mass is 32.2. The second-order valence-corrected chi connectivity index (χ2v) is 13.4. The van der Waals surface area contributed by atoms with E-state index in [1.807, 2.05) is 24.3 Å². The number of alkyl carbamates (subject to hydrolysis) is 1. The molecule has 1 N–H and O–H groups in total. The SMILES string of the molecule is CC(C)(C)OC(=O)NCC(Cn1ncn(Cc2cc3ccc(-c4ccc(S(C)(=O)=O)cc4)cc3s2)c1=O)=C(F)F. The Bertz CT molecular complexity index is 1740. The molecule has 0 unspecified atom stereocenters. The first-order chi connectivity index (χ1) is 18.7. The van der Waals surface area contributed by atoms with Crippen molar-refractivity contribution in [3.63, 3.8) is 0 Å². The van der Waals surface area contributed by atoms with Crippen molar-refractivity contribution in [2.75, 3.05) is 12.8 Å². The van der Waals surface area contributed by atoms with Crippen molar-refractivity contribution in [2.45, 2.75) is 44.4 Å². The third kappa shape index (κ3) is 7.21. The molecule has 0 saturated heterocycles. The number of halogens is 2. The molecular formula is C27H28F2N4O5S2. The van der Waals surface area contributed by atoms with Crippen molar-refractivity contribution in [2.24, 2.45) is 0 Å². The first kappa shape index (κ1) is 29.2. The summed E-state index contributed by atoms with van der Waals surface area (Å²) in [6.07, 6.45) is -0.405. The molecule has 0 aliphatic rings. The van der Waals surface area contributed by atoms with Crippen LogP contribution in [0.1, 0.15) is 25.6 Å². The van der Waals surface area contributed by atoms with Gasteiger partial charge in [-0.2, -0.15) is 13.9 Å². The Hall–Kier alpha value is -3.84. The molecule has 4 aromatic rings. The van der Waals surface area contributed by atoms with Gasteiger partial charge >= 0.3 is 11.8 Å². The standard InChI is InChI=1S/C27H28F2N4O5S2/c1-27(2,3)38-25(34)30-13-20(24(28)29)14-33-26(35)32(16-31-33)15-21-11-19-6-5-18(12-23(19)39-21)17-7-9-22(10-8-17)40(4,36)37/h5-12,16H,13-15H2,1-4H3,(H,30,34). The molecule has 4 rings (SSSR count). The first-order valence-corrected chi connectivity index (χ1v) is 14.9. The third-order valence-corrected chi connectivity index (χ3v) is 7.97. The quantitative estimate of drug-likeness (QED) is 0.307. The topological polar surface area (TPSA) is 112 Å². The Kier molecular flexibility index (Phi) is 8.26. The molecule has 13 heteroatoms. The van der Waals surface area contributed by atoms with Crippen LogP contribution in [0.4, 0.5) is 13.6 Å². The van der Waals surface area contributed by atoms with E-state index in [9.17, 15) is 26.8 Å². The summed E-state index contributed by atoms with van der Waals surface area (Å²) >= 11 is 1.48. The molecule has 0 aliphatic carbocycles. The van der Waals surface area contributed by atoms with E-state index in [-0.39, 0.29) is 11.4 Å². The van der Waals surface area contributed by atoms with Crippen molar-refractivity contribution < 1.29 is 26.7 Å². The van der Waals surface area contributed by atoms with Gasteiger partial charge in [-0.3, -0.25) is 4.57 Å². The van der Waals surface area contributed by atoms with Crippen LogP contribution in [0, 0.1) is 0 Å². The van der Waals surface area contributed by atoms with Gasteiger partial charge in [-0.15, -0.1) is 11.3 Å². The molecule has 0 aliphatic heterocycles. The Balaban J connectivity index is 1.47. The summed E-state index contributed by atoms with van der Waals surface area (Å²) in [5, 5.41) is 7.21. The number of carbonyl (C=O) groups is 1. The fraction of sp³-hybridized carbons (Fsp3) is 0.296.